The zero-order valence-electron chi connectivity index (χ0n) is 20.7. The first kappa shape index (κ1) is 24.4. The lowest BCUT2D eigenvalue weighted by atomic mass is 10.1. The lowest BCUT2D eigenvalue weighted by Gasteiger charge is -2.28. The molecule has 0 fully saturated rings. The van der Waals surface area contributed by atoms with Crippen LogP contribution in [0.4, 0.5) is 4.79 Å². The molecule has 1 amide bonds. The van der Waals surface area contributed by atoms with Crippen LogP contribution in [0.2, 0.25) is 0 Å². The number of carbonyl (C=O) groups is 1. The lowest BCUT2D eigenvalue weighted by molar-refractivity contribution is 0.0366. The molecule has 0 spiro atoms. The average molecular weight is 513 g/mol. The Morgan fingerprint density at radius 3 is 2.62 bits per heavy atom. The second kappa shape index (κ2) is 9.99. The number of rotatable bonds is 5. The van der Waals surface area contributed by atoms with Gasteiger partial charge in [-0.2, -0.15) is 6.07 Å². The van der Waals surface area contributed by atoms with Crippen molar-refractivity contribution >= 4 is 39.5 Å². The molecule has 0 aliphatic carbocycles. The zero-order chi connectivity index (χ0) is 26.0. The smallest absolute Gasteiger partial charge is 0.412 e. The van der Waals surface area contributed by atoms with Gasteiger partial charge >= 0.3 is 6.09 Å². The largest absolute Gasteiger partial charge is 0.523 e. The molecule has 7 nitrogen and oxygen atoms in total. The topological polar surface area (TPSA) is 84.8 Å². The van der Waals surface area contributed by atoms with Gasteiger partial charge in [-0.15, -0.1) is 12.1 Å². The Morgan fingerprint density at radius 2 is 1.89 bits per heavy atom. The van der Waals surface area contributed by atoms with Gasteiger partial charge in [-0.05, 0) is 38.0 Å². The molecular weight excluding hydrogens is 486 g/mol. The summed E-state index contributed by atoms with van der Waals surface area (Å²) in [7, 11) is 0. The summed E-state index contributed by atoms with van der Waals surface area (Å²) in [5.74, 6) is 0.608. The number of nitrogens with zero attached hydrogens (tertiary/aromatic N) is 3. The van der Waals surface area contributed by atoms with Gasteiger partial charge in [0.25, 0.3) is 0 Å². The van der Waals surface area contributed by atoms with E-state index >= 15 is 0 Å². The minimum absolute atomic E-state index is 0.0716. The van der Waals surface area contributed by atoms with E-state index in [1.54, 1.807) is 50.8 Å². The molecule has 37 heavy (non-hydrogen) atoms. The second-order valence-electron chi connectivity index (χ2n) is 9.46. The highest BCUT2D eigenvalue weighted by Gasteiger charge is 2.40. The molecule has 0 bridgehead atoms. The Morgan fingerprint density at radius 1 is 1.08 bits per heavy atom. The fraction of sp³-hybridized carbons (Fsp3) is 0.172. The molecule has 2 aromatic heterocycles. The first-order chi connectivity index (χ1) is 17.8. The molecule has 8 heteroatoms. The third-order valence-electron chi connectivity index (χ3n) is 5.55. The molecular formula is C29H26N3O4S-. The van der Waals surface area contributed by atoms with Gasteiger partial charge in [0.1, 0.15) is 23.7 Å². The van der Waals surface area contributed by atoms with E-state index in [9.17, 15) is 9.90 Å². The van der Waals surface area contributed by atoms with Crippen molar-refractivity contribution in [3.8, 4) is 5.75 Å². The van der Waals surface area contributed by atoms with E-state index in [1.165, 1.54) is 16.3 Å². The van der Waals surface area contributed by atoms with E-state index in [0.717, 1.165) is 16.5 Å². The number of fused-ring (bicyclic) bond motifs is 1. The van der Waals surface area contributed by atoms with E-state index in [2.05, 4.69) is 9.97 Å². The summed E-state index contributed by atoms with van der Waals surface area (Å²) in [5, 5.41) is 14.5. The van der Waals surface area contributed by atoms with Crippen molar-refractivity contribution < 1.29 is 19.4 Å². The third-order valence-corrected chi connectivity index (χ3v) is 6.53. The zero-order valence-corrected chi connectivity index (χ0v) is 21.5. The van der Waals surface area contributed by atoms with Crippen LogP contribution >= 0.6 is 0 Å². The van der Waals surface area contributed by atoms with Crippen molar-refractivity contribution in [2.75, 3.05) is 0 Å². The number of ether oxygens (including phenoxy) is 2. The molecule has 1 aliphatic rings. The van der Waals surface area contributed by atoms with Crippen molar-refractivity contribution in [3.63, 3.8) is 0 Å². The van der Waals surface area contributed by atoms with E-state index in [0.29, 0.717) is 34.5 Å². The monoisotopic (exact) mass is 512 g/mol. The number of amides is 1. The van der Waals surface area contributed by atoms with Crippen LogP contribution in [-0.2, 0) is 22.7 Å². The maximum Gasteiger partial charge on any atom is 0.412 e. The number of aliphatic hydroxyl groups is 1. The first-order valence-electron chi connectivity index (χ1n) is 11.8. The Labute approximate surface area is 219 Å². The first-order valence-corrected chi connectivity index (χ1v) is 12.6. The highest BCUT2D eigenvalue weighted by Crippen LogP contribution is 2.35. The fourth-order valence-electron chi connectivity index (χ4n) is 3.87. The van der Waals surface area contributed by atoms with Gasteiger partial charge in [-0.3, -0.25) is 0 Å². The van der Waals surface area contributed by atoms with Crippen LogP contribution in [0.15, 0.2) is 85.0 Å². The minimum atomic E-state index is -0.712. The Bertz CT molecular complexity index is 1470. The number of aromatic nitrogens is 2. The van der Waals surface area contributed by atoms with E-state index in [-0.39, 0.29) is 5.76 Å². The molecule has 0 unspecified atom stereocenters. The molecule has 0 atom stereocenters. The van der Waals surface area contributed by atoms with Crippen molar-refractivity contribution in [1.29, 1.82) is 0 Å². The summed E-state index contributed by atoms with van der Waals surface area (Å²) >= 11 is 1.32. The number of carbonyl (C=O) groups excluding carboxylic acids is 1. The Balaban J connectivity index is 1.47. The fourth-order valence-corrected chi connectivity index (χ4v) is 4.85. The van der Waals surface area contributed by atoms with Gasteiger partial charge in [0.05, 0.1) is 5.75 Å². The molecule has 1 N–H and O–H groups in total. The number of benzene rings is 2. The van der Waals surface area contributed by atoms with Crippen molar-refractivity contribution in [3.05, 3.63) is 107 Å². The second-order valence-corrected chi connectivity index (χ2v) is 10.3. The number of hydrogen-bond acceptors (Lipinski definition) is 6. The van der Waals surface area contributed by atoms with E-state index < -0.39 is 11.7 Å². The summed E-state index contributed by atoms with van der Waals surface area (Å²) in [6.45, 7) is 5.85. The molecule has 0 radical (unpaired) electrons. The predicted octanol–water partition coefficient (Wildman–Crippen LogP) is 5.83. The Kier molecular flexibility index (Phi) is 6.58. The summed E-state index contributed by atoms with van der Waals surface area (Å²) in [6.07, 6.45) is 4.35. The summed E-state index contributed by atoms with van der Waals surface area (Å²) in [5.41, 5.74) is 2.60. The van der Waals surface area contributed by atoms with Crippen LogP contribution in [0.25, 0.3) is 16.7 Å². The quantitative estimate of drug-likeness (QED) is 0.119. The van der Waals surface area contributed by atoms with Gasteiger partial charge in [0, 0.05) is 0 Å². The molecule has 3 heterocycles. The highest BCUT2D eigenvalue weighted by atomic mass is 32.1. The SMILES string of the molecule is CC(C)(C)OC(=O)N1C(=C(O)c2cn[c-]3cc(OCc4ccccc4)ccc23)C=[S+][C-]1c1cccnc1. The maximum atomic E-state index is 13.3. The molecule has 0 saturated carbocycles. The average Bonchev–Trinajstić information content (AvgIpc) is 3.52. The van der Waals surface area contributed by atoms with Crippen molar-refractivity contribution in [2.24, 2.45) is 0 Å². The molecule has 4 aromatic rings. The van der Waals surface area contributed by atoms with Crippen LogP contribution in [0.1, 0.15) is 37.5 Å². The summed E-state index contributed by atoms with van der Waals surface area (Å²) in [4.78, 5) is 23.3. The van der Waals surface area contributed by atoms with Gasteiger partial charge in [-0.1, -0.05) is 71.4 Å². The molecule has 5 rings (SSSR count). The lowest BCUT2D eigenvalue weighted by Crippen LogP contribution is -2.37. The van der Waals surface area contributed by atoms with E-state index in [4.69, 9.17) is 9.47 Å². The molecule has 2 aromatic carbocycles. The summed E-state index contributed by atoms with van der Waals surface area (Å²) in [6, 6.07) is 19.1. The highest BCUT2D eigenvalue weighted by molar-refractivity contribution is 7.81. The van der Waals surface area contributed by atoms with Crippen LogP contribution in [0.5, 0.6) is 5.75 Å². The number of allylic oxidation sites excluding steroid dienone is 1. The normalized spacial score (nSPS) is 14.8. The molecule has 0 saturated heterocycles. The number of aliphatic hydroxyl groups excluding tert-OH is 1. The van der Waals surface area contributed by atoms with Crippen LogP contribution in [0.3, 0.4) is 0 Å². The third kappa shape index (κ3) is 5.29. The van der Waals surface area contributed by atoms with Gasteiger partial charge in [0.2, 0.25) is 10.7 Å². The van der Waals surface area contributed by atoms with Gasteiger partial charge in [0.15, 0.2) is 11.4 Å². The van der Waals surface area contributed by atoms with E-state index in [1.807, 2.05) is 54.6 Å². The van der Waals surface area contributed by atoms with Crippen molar-refractivity contribution in [1.82, 2.24) is 14.9 Å². The summed E-state index contributed by atoms with van der Waals surface area (Å²) < 4.78 is 11.6. The number of pyridine rings is 1. The minimum Gasteiger partial charge on any atom is -0.523 e. The molecule has 188 valence electrons. The van der Waals surface area contributed by atoms with Crippen LogP contribution in [-0.4, -0.2) is 37.0 Å². The standard InChI is InChI=1S/C29H26N3O4S/c1-29(2,3)36-28(34)32-25(18-37-27(32)20-10-7-13-30-15-20)26(33)23-16-31-24-14-21(11-12-22(23)24)35-17-19-8-5-4-6-9-19/h4-16,18,33H,17H2,1-3H3/q-1. The Hall–Kier alpha value is -4.30. The van der Waals surface area contributed by atoms with Crippen LogP contribution in [0, 0.1) is 5.37 Å². The van der Waals surface area contributed by atoms with Crippen molar-refractivity contribution in [2.45, 2.75) is 33.0 Å². The maximum absolute atomic E-state index is 13.3. The van der Waals surface area contributed by atoms with Gasteiger partial charge in [-0.25, -0.2) is 9.69 Å². The predicted molar refractivity (Wildman–Crippen MR) is 146 cm³/mol. The van der Waals surface area contributed by atoms with Crippen LogP contribution < -0.4 is 4.74 Å². The number of hydrogen-bond donors (Lipinski definition) is 1. The molecule has 1 aliphatic heterocycles. The van der Waals surface area contributed by atoms with Gasteiger partial charge < -0.3 is 24.5 Å².